The van der Waals surface area contributed by atoms with Crippen LogP contribution in [0.4, 0.5) is 4.79 Å². The van der Waals surface area contributed by atoms with Gasteiger partial charge in [0.05, 0.1) is 36.5 Å². The molecule has 158 valence electrons. The summed E-state index contributed by atoms with van der Waals surface area (Å²) in [5.74, 6) is -0.767. The first-order valence-electron chi connectivity index (χ1n) is 8.76. The Morgan fingerprint density at radius 2 is 1.70 bits per heavy atom. The van der Waals surface area contributed by atoms with Gasteiger partial charge >= 0.3 is 12.0 Å². The average Bonchev–Trinajstić information content (AvgIpc) is 2.73. The number of esters is 1. The molecule has 1 heterocycles. The topological polar surface area (TPSA) is 111 Å². The summed E-state index contributed by atoms with van der Waals surface area (Å²) in [6, 6.07) is 10.8. The standard InChI is InChI=1S/C20H19ClN2O6S/c1-28-14-7-3-12(4-8-14)18-17(19(24)29-2)16(22-20(25)23-18)11-30(26,27)15-9-5-13(21)6-10-15/h3-10,18H,11H2,1-2H3,(H2,22,23,25)/t18-/m0/s1. The molecule has 2 aromatic carbocycles. The number of benzene rings is 2. The van der Waals surface area contributed by atoms with Gasteiger partial charge in [-0.3, -0.25) is 0 Å². The van der Waals surface area contributed by atoms with Crippen LogP contribution in [0.25, 0.3) is 0 Å². The SMILES string of the molecule is COC(=O)C1=C(CS(=O)(=O)c2ccc(Cl)cc2)NC(=O)N[C@H]1c1ccc(OC)cc1. The van der Waals surface area contributed by atoms with Crippen molar-refractivity contribution in [2.75, 3.05) is 20.0 Å². The van der Waals surface area contributed by atoms with Gasteiger partial charge in [-0.1, -0.05) is 23.7 Å². The molecule has 1 aliphatic rings. The molecule has 30 heavy (non-hydrogen) atoms. The van der Waals surface area contributed by atoms with Gasteiger partial charge in [0.2, 0.25) is 0 Å². The number of carbonyl (C=O) groups excluding carboxylic acids is 2. The number of rotatable bonds is 6. The Morgan fingerprint density at radius 3 is 2.27 bits per heavy atom. The monoisotopic (exact) mass is 450 g/mol. The Morgan fingerprint density at radius 1 is 1.07 bits per heavy atom. The molecule has 10 heteroatoms. The minimum absolute atomic E-state index is 0.000180. The van der Waals surface area contributed by atoms with Crippen LogP contribution in [-0.4, -0.2) is 40.4 Å². The maximum atomic E-state index is 12.9. The van der Waals surface area contributed by atoms with E-state index >= 15 is 0 Å². The molecular weight excluding hydrogens is 432 g/mol. The maximum Gasteiger partial charge on any atom is 0.338 e. The van der Waals surface area contributed by atoms with E-state index in [0.29, 0.717) is 16.3 Å². The third-order valence-electron chi connectivity index (χ3n) is 4.52. The van der Waals surface area contributed by atoms with Crippen LogP contribution in [-0.2, 0) is 19.4 Å². The van der Waals surface area contributed by atoms with E-state index in [4.69, 9.17) is 21.1 Å². The molecule has 2 aromatic rings. The highest BCUT2D eigenvalue weighted by molar-refractivity contribution is 7.91. The zero-order chi connectivity index (χ0) is 21.9. The van der Waals surface area contributed by atoms with Crippen LogP contribution in [0.5, 0.6) is 5.75 Å². The van der Waals surface area contributed by atoms with Crippen LogP contribution in [0.15, 0.2) is 64.7 Å². The number of nitrogens with one attached hydrogen (secondary N) is 2. The number of urea groups is 1. The lowest BCUT2D eigenvalue weighted by Crippen LogP contribution is -2.47. The zero-order valence-electron chi connectivity index (χ0n) is 16.1. The summed E-state index contributed by atoms with van der Waals surface area (Å²) in [4.78, 5) is 24.8. The lowest BCUT2D eigenvalue weighted by atomic mass is 9.95. The Hall–Kier alpha value is -3.04. The van der Waals surface area contributed by atoms with Crippen molar-refractivity contribution in [2.24, 2.45) is 0 Å². The Labute approximate surface area is 178 Å². The number of ether oxygens (including phenoxy) is 2. The Balaban J connectivity index is 2.06. The quantitative estimate of drug-likeness (QED) is 0.654. The van der Waals surface area contributed by atoms with Crippen molar-refractivity contribution in [3.63, 3.8) is 0 Å². The second kappa shape index (κ2) is 8.76. The summed E-state index contributed by atoms with van der Waals surface area (Å²) in [7, 11) is -1.18. The minimum atomic E-state index is -3.88. The van der Waals surface area contributed by atoms with Crippen molar-refractivity contribution in [3.05, 3.63) is 70.4 Å². The molecule has 0 saturated carbocycles. The highest BCUT2D eigenvalue weighted by Gasteiger charge is 2.35. The van der Waals surface area contributed by atoms with Gasteiger partial charge in [0.15, 0.2) is 9.84 Å². The largest absolute Gasteiger partial charge is 0.497 e. The average molecular weight is 451 g/mol. The predicted molar refractivity (Wildman–Crippen MR) is 110 cm³/mol. The molecular formula is C20H19ClN2O6S. The fraction of sp³-hybridized carbons (Fsp3) is 0.200. The molecule has 0 spiro atoms. The second-order valence-corrected chi connectivity index (χ2v) is 8.83. The van der Waals surface area contributed by atoms with Crippen molar-refractivity contribution < 1.29 is 27.5 Å². The molecule has 0 aliphatic carbocycles. The molecule has 3 rings (SSSR count). The van der Waals surface area contributed by atoms with E-state index in [0.717, 1.165) is 0 Å². The van der Waals surface area contributed by atoms with Crippen LogP contribution in [0.2, 0.25) is 5.02 Å². The van der Waals surface area contributed by atoms with Crippen LogP contribution < -0.4 is 15.4 Å². The van der Waals surface area contributed by atoms with Crippen molar-refractivity contribution in [2.45, 2.75) is 10.9 Å². The third kappa shape index (κ3) is 4.58. The number of methoxy groups -OCH3 is 2. The second-order valence-electron chi connectivity index (χ2n) is 6.40. The number of halogens is 1. The number of hydrogen-bond donors (Lipinski definition) is 2. The predicted octanol–water partition coefficient (Wildman–Crippen LogP) is 2.60. The minimum Gasteiger partial charge on any atom is -0.497 e. The molecule has 8 nitrogen and oxygen atoms in total. The van der Waals surface area contributed by atoms with Crippen molar-refractivity contribution in [3.8, 4) is 5.75 Å². The summed E-state index contributed by atoms with van der Waals surface area (Å²) < 4.78 is 35.8. The van der Waals surface area contributed by atoms with Gasteiger partial charge in [0, 0.05) is 10.7 Å². The number of carbonyl (C=O) groups is 2. The lowest BCUT2D eigenvalue weighted by molar-refractivity contribution is -0.136. The fourth-order valence-corrected chi connectivity index (χ4v) is 4.50. The molecule has 2 N–H and O–H groups in total. The summed E-state index contributed by atoms with van der Waals surface area (Å²) >= 11 is 5.83. The van der Waals surface area contributed by atoms with E-state index in [1.807, 2.05) is 0 Å². The maximum absolute atomic E-state index is 12.9. The summed E-state index contributed by atoms with van der Waals surface area (Å²) in [6.45, 7) is 0. The van der Waals surface area contributed by atoms with Gasteiger partial charge in [-0.15, -0.1) is 0 Å². The van der Waals surface area contributed by atoms with Gasteiger partial charge < -0.3 is 20.1 Å². The third-order valence-corrected chi connectivity index (χ3v) is 6.43. The molecule has 1 aliphatic heterocycles. The molecule has 0 saturated heterocycles. The van der Waals surface area contributed by atoms with E-state index in [1.165, 1.54) is 38.5 Å². The Kier molecular flexibility index (Phi) is 6.33. The first-order valence-corrected chi connectivity index (χ1v) is 10.8. The molecule has 0 unspecified atom stereocenters. The first kappa shape index (κ1) is 21.7. The first-order chi connectivity index (χ1) is 14.2. The van der Waals surface area contributed by atoms with Crippen molar-refractivity contribution >= 4 is 33.4 Å². The van der Waals surface area contributed by atoms with Crippen LogP contribution >= 0.6 is 11.6 Å². The van der Waals surface area contributed by atoms with Crippen molar-refractivity contribution in [1.82, 2.24) is 10.6 Å². The van der Waals surface area contributed by atoms with Gasteiger partial charge in [-0.25, -0.2) is 18.0 Å². The lowest BCUT2D eigenvalue weighted by Gasteiger charge is -2.29. The highest BCUT2D eigenvalue weighted by Crippen LogP contribution is 2.30. The van der Waals surface area contributed by atoms with Crippen LogP contribution in [0.3, 0.4) is 0 Å². The molecule has 0 aromatic heterocycles. The normalized spacial score (nSPS) is 16.5. The smallest absolute Gasteiger partial charge is 0.338 e. The van der Waals surface area contributed by atoms with Crippen molar-refractivity contribution in [1.29, 1.82) is 0 Å². The molecule has 1 atom stereocenters. The Bertz CT molecular complexity index is 1100. The van der Waals surface area contributed by atoms with E-state index in [-0.39, 0.29) is 16.2 Å². The van der Waals surface area contributed by atoms with Gasteiger partial charge in [-0.2, -0.15) is 0 Å². The molecule has 0 fully saturated rings. The van der Waals surface area contributed by atoms with Gasteiger partial charge in [0.25, 0.3) is 0 Å². The number of amides is 2. The van der Waals surface area contributed by atoms with E-state index < -0.39 is 33.6 Å². The van der Waals surface area contributed by atoms with Gasteiger partial charge in [-0.05, 0) is 42.0 Å². The van der Waals surface area contributed by atoms with Gasteiger partial charge in [0.1, 0.15) is 5.75 Å². The van der Waals surface area contributed by atoms with E-state index in [2.05, 4.69) is 10.6 Å². The van der Waals surface area contributed by atoms with E-state index in [9.17, 15) is 18.0 Å². The van der Waals surface area contributed by atoms with Crippen LogP contribution in [0.1, 0.15) is 11.6 Å². The number of hydrogen-bond acceptors (Lipinski definition) is 6. The molecule has 0 bridgehead atoms. The number of sulfone groups is 1. The molecule has 0 radical (unpaired) electrons. The van der Waals surface area contributed by atoms with Crippen LogP contribution in [0, 0.1) is 0 Å². The fourth-order valence-electron chi connectivity index (χ4n) is 3.04. The van der Waals surface area contributed by atoms with E-state index in [1.54, 1.807) is 24.3 Å². The zero-order valence-corrected chi connectivity index (χ0v) is 17.7. The summed E-state index contributed by atoms with van der Waals surface area (Å²) in [6.07, 6.45) is 0. The molecule has 2 amide bonds. The summed E-state index contributed by atoms with van der Waals surface area (Å²) in [5.41, 5.74) is 0.508. The highest BCUT2D eigenvalue weighted by atomic mass is 35.5. The summed E-state index contributed by atoms with van der Waals surface area (Å²) in [5, 5.41) is 5.46.